The van der Waals surface area contributed by atoms with Gasteiger partial charge in [0.05, 0.1) is 5.56 Å². The highest BCUT2D eigenvalue weighted by Gasteiger charge is 2.32. The molecule has 0 aliphatic carbocycles. The van der Waals surface area contributed by atoms with Crippen LogP contribution >= 0.6 is 11.6 Å². The van der Waals surface area contributed by atoms with E-state index >= 15 is 0 Å². The topological polar surface area (TPSA) is 50.2 Å². The third kappa shape index (κ3) is 3.08. The zero-order chi connectivity index (χ0) is 14.9. The fourth-order valence-corrected chi connectivity index (χ4v) is 1.85. The molecule has 0 unspecified atom stereocenters. The molecule has 0 saturated carbocycles. The van der Waals surface area contributed by atoms with Crippen molar-refractivity contribution in [2.45, 2.75) is 6.18 Å². The molecule has 0 amide bonds. The summed E-state index contributed by atoms with van der Waals surface area (Å²) in [5.41, 5.74) is -0.326. The van der Waals surface area contributed by atoms with Gasteiger partial charge < -0.3 is 5.11 Å². The molecule has 2 rings (SSSR count). The van der Waals surface area contributed by atoms with Crippen molar-refractivity contribution < 1.29 is 23.1 Å². The summed E-state index contributed by atoms with van der Waals surface area (Å²) >= 11 is 5.78. The molecular formula is C13H7ClF3NO2. The van der Waals surface area contributed by atoms with E-state index < -0.39 is 17.8 Å². The van der Waals surface area contributed by atoms with Crippen LogP contribution in [0.2, 0.25) is 5.02 Å². The lowest BCUT2D eigenvalue weighted by molar-refractivity contribution is -0.141. The highest BCUT2D eigenvalue weighted by molar-refractivity contribution is 6.31. The van der Waals surface area contributed by atoms with E-state index in [1.54, 1.807) is 0 Å². The van der Waals surface area contributed by atoms with E-state index in [0.29, 0.717) is 11.1 Å². The van der Waals surface area contributed by atoms with Gasteiger partial charge in [-0.3, -0.25) is 4.98 Å². The predicted molar refractivity (Wildman–Crippen MR) is 66.6 cm³/mol. The van der Waals surface area contributed by atoms with E-state index in [1.165, 1.54) is 24.3 Å². The molecule has 1 aromatic carbocycles. The molecule has 1 heterocycles. The van der Waals surface area contributed by atoms with E-state index in [0.717, 1.165) is 12.3 Å². The van der Waals surface area contributed by atoms with Crippen molar-refractivity contribution in [2.24, 2.45) is 0 Å². The van der Waals surface area contributed by atoms with Gasteiger partial charge in [-0.2, -0.15) is 13.2 Å². The lowest BCUT2D eigenvalue weighted by atomic mass is 10.0. The van der Waals surface area contributed by atoms with Crippen LogP contribution in [-0.4, -0.2) is 16.1 Å². The number of nitrogens with zero attached hydrogens (tertiary/aromatic N) is 1. The molecule has 1 N–H and O–H groups in total. The van der Waals surface area contributed by atoms with Gasteiger partial charge in [0.25, 0.3) is 0 Å². The van der Waals surface area contributed by atoms with Crippen molar-refractivity contribution >= 4 is 17.6 Å². The van der Waals surface area contributed by atoms with Crippen molar-refractivity contribution in [1.29, 1.82) is 0 Å². The summed E-state index contributed by atoms with van der Waals surface area (Å²) in [6.45, 7) is 0. The number of aromatic carboxylic acids is 1. The van der Waals surface area contributed by atoms with Crippen molar-refractivity contribution in [3.05, 3.63) is 52.8 Å². The molecule has 0 aliphatic heterocycles. The number of aromatic nitrogens is 1. The highest BCUT2D eigenvalue weighted by atomic mass is 35.5. The van der Waals surface area contributed by atoms with Crippen LogP contribution in [0.1, 0.15) is 16.1 Å². The fraction of sp³-hybridized carbons (Fsp3) is 0.0769. The molecule has 3 nitrogen and oxygen atoms in total. The molecule has 0 atom stereocenters. The molecule has 104 valence electrons. The van der Waals surface area contributed by atoms with E-state index in [2.05, 4.69) is 4.98 Å². The van der Waals surface area contributed by atoms with Gasteiger partial charge in [0.2, 0.25) is 0 Å². The van der Waals surface area contributed by atoms with Crippen LogP contribution in [0.25, 0.3) is 11.1 Å². The molecule has 0 radical (unpaired) electrons. The van der Waals surface area contributed by atoms with Crippen LogP contribution in [0.4, 0.5) is 13.2 Å². The number of benzene rings is 1. The first-order valence-corrected chi connectivity index (χ1v) is 5.72. The number of pyridine rings is 1. The summed E-state index contributed by atoms with van der Waals surface area (Å²) in [5, 5.41) is 9.09. The van der Waals surface area contributed by atoms with Gasteiger partial charge in [-0.25, -0.2) is 4.79 Å². The Labute approximate surface area is 116 Å². The Hall–Kier alpha value is -2.08. The maximum absolute atomic E-state index is 12.4. The number of halogens is 4. The maximum atomic E-state index is 12.4. The zero-order valence-corrected chi connectivity index (χ0v) is 10.5. The van der Waals surface area contributed by atoms with Gasteiger partial charge in [0.1, 0.15) is 5.69 Å². The SMILES string of the molecule is O=C(O)c1cc(Cl)cc(-c2ccc(C(F)(F)F)nc2)c1. The maximum Gasteiger partial charge on any atom is 0.433 e. The van der Waals surface area contributed by atoms with Gasteiger partial charge >= 0.3 is 12.1 Å². The molecule has 20 heavy (non-hydrogen) atoms. The van der Waals surface area contributed by atoms with E-state index in [9.17, 15) is 18.0 Å². The second-order valence-corrected chi connectivity index (χ2v) is 4.40. The minimum absolute atomic E-state index is 0.0487. The monoisotopic (exact) mass is 301 g/mol. The third-order valence-corrected chi connectivity index (χ3v) is 2.75. The largest absolute Gasteiger partial charge is 0.478 e. The average molecular weight is 302 g/mol. The van der Waals surface area contributed by atoms with Crippen LogP contribution in [0.3, 0.4) is 0 Å². The number of alkyl halides is 3. The lowest BCUT2D eigenvalue weighted by Crippen LogP contribution is -2.07. The van der Waals surface area contributed by atoms with E-state index in [1.807, 2.05) is 0 Å². The van der Waals surface area contributed by atoms with Crippen molar-refractivity contribution in [1.82, 2.24) is 4.98 Å². The van der Waals surface area contributed by atoms with Crippen molar-refractivity contribution in [3.63, 3.8) is 0 Å². The Morgan fingerprint density at radius 2 is 1.85 bits per heavy atom. The minimum atomic E-state index is -4.51. The number of hydrogen-bond donors (Lipinski definition) is 1. The summed E-state index contributed by atoms with van der Waals surface area (Å²) in [6, 6.07) is 6.07. The highest BCUT2D eigenvalue weighted by Crippen LogP contribution is 2.30. The molecular weight excluding hydrogens is 295 g/mol. The Morgan fingerprint density at radius 3 is 2.35 bits per heavy atom. The second-order valence-electron chi connectivity index (χ2n) is 3.96. The van der Waals surface area contributed by atoms with Crippen LogP contribution in [0, 0.1) is 0 Å². The molecule has 1 aromatic heterocycles. The van der Waals surface area contributed by atoms with Gasteiger partial charge in [0.15, 0.2) is 0 Å². The minimum Gasteiger partial charge on any atom is -0.478 e. The first kappa shape index (κ1) is 14.3. The van der Waals surface area contributed by atoms with Crippen molar-refractivity contribution in [2.75, 3.05) is 0 Å². The van der Waals surface area contributed by atoms with Crippen LogP contribution < -0.4 is 0 Å². The zero-order valence-electron chi connectivity index (χ0n) is 9.78. The Kier molecular flexibility index (Phi) is 3.67. The number of carbonyl (C=O) groups is 1. The number of hydrogen-bond acceptors (Lipinski definition) is 2. The average Bonchev–Trinajstić information content (AvgIpc) is 2.37. The Balaban J connectivity index is 2.44. The molecule has 0 fully saturated rings. The summed E-state index contributed by atoms with van der Waals surface area (Å²) < 4.78 is 37.2. The van der Waals surface area contributed by atoms with Crippen LogP contribution in [0.15, 0.2) is 36.5 Å². The summed E-state index contributed by atoms with van der Waals surface area (Å²) in [4.78, 5) is 14.2. The number of carboxylic acids is 1. The predicted octanol–water partition coefficient (Wildman–Crippen LogP) is 4.12. The molecule has 2 aromatic rings. The Morgan fingerprint density at radius 1 is 1.15 bits per heavy atom. The quantitative estimate of drug-likeness (QED) is 0.907. The van der Waals surface area contributed by atoms with Crippen LogP contribution in [-0.2, 0) is 6.18 Å². The lowest BCUT2D eigenvalue weighted by Gasteiger charge is -2.07. The third-order valence-electron chi connectivity index (χ3n) is 2.53. The van der Waals surface area contributed by atoms with Gasteiger partial charge in [-0.05, 0) is 29.8 Å². The first-order chi connectivity index (χ1) is 9.27. The van der Waals surface area contributed by atoms with Gasteiger partial charge in [0, 0.05) is 16.8 Å². The molecule has 0 bridgehead atoms. The van der Waals surface area contributed by atoms with Crippen LogP contribution in [0.5, 0.6) is 0 Å². The van der Waals surface area contributed by atoms with E-state index in [-0.39, 0.29) is 10.6 Å². The number of rotatable bonds is 2. The first-order valence-electron chi connectivity index (χ1n) is 5.35. The normalized spacial score (nSPS) is 11.4. The molecule has 0 saturated heterocycles. The number of carboxylic acid groups (broad SMARTS) is 1. The fourth-order valence-electron chi connectivity index (χ4n) is 1.61. The summed E-state index contributed by atoms with van der Waals surface area (Å²) in [6.07, 6.45) is -3.49. The second kappa shape index (κ2) is 5.13. The standard InChI is InChI=1S/C13H7ClF3NO2/c14-10-4-8(3-9(5-10)12(19)20)7-1-2-11(18-6-7)13(15,16)17/h1-6H,(H,19,20). The molecule has 7 heteroatoms. The summed E-state index contributed by atoms with van der Waals surface area (Å²) in [5.74, 6) is -1.17. The summed E-state index contributed by atoms with van der Waals surface area (Å²) in [7, 11) is 0. The van der Waals surface area contributed by atoms with Gasteiger partial charge in [-0.1, -0.05) is 17.7 Å². The molecule has 0 aliphatic rings. The molecule has 0 spiro atoms. The Bertz CT molecular complexity index is 654. The van der Waals surface area contributed by atoms with Crippen molar-refractivity contribution in [3.8, 4) is 11.1 Å². The van der Waals surface area contributed by atoms with E-state index in [4.69, 9.17) is 16.7 Å². The smallest absolute Gasteiger partial charge is 0.433 e. The van der Waals surface area contributed by atoms with Gasteiger partial charge in [-0.15, -0.1) is 0 Å².